The average molecular weight is 344 g/mol. The summed E-state index contributed by atoms with van der Waals surface area (Å²) in [4.78, 5) is 12.4. The van der Waals surface area contributed by atoms with Crippen molar-refractivity contribution >= 4 is 15.6 Å². The van der Waals surface area contributed by atoms with Crippen LogP contribution in [0, 0.1) is 6.92 Å². The topological polar surface area (TPSA) is 51.2 Å². The number of rotatable bonds is 5. The van der Waals surface area contributed by atoms with E-state index in [0.29, 0.717) is 11.1 Å². The molecule has 0 heterocycles. The zero-order valence-electron chi connectivity index (χ0n) is 14.7. The summed E-state index contributed by atoms with van der Waals surface area (Å²) in [5, 5.41) is 0. The molecule has 0 fully saturated rings. The quantitative estimate of drug-likeness (QED) is 0.768. The van der Waals surface area contributed by atoms with Crippen molar-refractivity contribution in [1.29, 1.82) is 0 Å². The van der Waals surface area contributed by atoms with Crippen molar-refractivity contribution in [2.24, 2.45) is 0 Å². The third-order valence-corrected chi connectivity index (χ3v) is 5.41. The fraction of sp³-hybridized carbons (Fsp3) is 0.350. The molecular weight excluding hydrogens is 320 g/mol. The molecule has 0 radical (unpaired) electrons. The molecule has 0 N–H and O–H groups in total. The Morgan fingerprint density at radius 2 is 1.62 bits per heavy atom. The van der Waals surface area contributed by atoms with Gasteiger partial charge in [-0.05, 0) is 35.1 Å². The largest absolute Gasteiger partial charge is 0.293 e. The van der Waals surface area contributed by atoms with Crippen LogP contribution in [-0.4, -0.2) is 20.0 Å². The summed E-state index contributed by atoms with van der Waals surface area (Å²) < 4.78 is 24.5. The molecule has 0 aliphatic heterocycles. The Bertz CT molecular complexity index is 829. The molecule has 0 spiro atoms. The minimum atomic E-state index is -3.48. The van der Waals surface area contributed by atoms with E-state index in [-0.39, 0.29) is 17.0 Å². The van der Waals surface area contributed by atoms with Gasteiger partial charge in [0.05, 0.1) is 5.75 Å². The van der Waals surface area contributed by atoms with E-state index >= 15 is 0 Å². The van der Waals surface area contributed by atoms with Gasteiger partial charge < -0.3 is 0 Å². The zero-order chi connectivity index (χ0) is 18.0. The van der Waals surface area contributed by atoms with E-state index in [1.54, 1.807) is 36.4 Å². The van der Waals surface area contributed by atoms with Gasteiger partial charge >= 0.3 is 0 Å². The lowest BCUT2D eigenvalue weighted by molar-refractivity contribution is 0.102. The molecule has 0 saturated heterocycles. The molecule has 3 nitrogen and oxygen atoms in total. The third-order valence-electron chi connectivity index (χ3n) is 3.94. The monoisotopic (exact) mass is 344 g/mol. The second kappa shape index (κ2) is 6.89. The number of hydrogen-bond acceptors (Lipinski definition) is 3. The second-order valence-corrected chi connectivity index (χ2v) is 9.29. The van der Waals surface area contributed by atoms with Crippen LogP contribution in [0.3, 0.4) is 0 Å². The first-order chi connectivity index (χ1) is 11.1. The summed E-state index contributed by atoms with van der Waals surface area (Å²) in [6.45, 7) is 8.29. The molecule has 2 aromatic carbocycles. The molecule has 0 saturated carbocycles. The number of hydrogen-bond donors (Lipinski definition) is 0. The Labute approximate surface area is 144 Å². The molecule has 0 aliphatic rings. The van der Waals surface area contributed by atoms with Crippen molar-refractivity contribution in [3.8, 4) is 0 Å². The zero-order valence-corrected chi connectivity index (χ0v) is 15.5. The molecule has 2 aromatic rings. The highest BCUT2D eigenvalue weighted by Gasteiger charge is 2.21. The normalized spacial score (nSPS) is 12.2. The summed E-state index contributed by atoms with van der Waals surface area (Å²) in [5.41, 5.74) is 3.31. The molecule has 24 heavy (non-hydrogen) atoms. The van der Waals surface area contributed by atoms with Gasteiger partial charge in [0, 0.05) is 5.56 Å². The number of carbonyl (C=O) groups is 1. The third kappa shape index (κ3) is 4.78. The highest BCUT2D eigenvalue weighted by molar-refractivity contribution is 7.91. The summed E-state index contributed by atoms with van der Waals surface area (Å²) in [6, 6.07) is 14.4. The summed E-state index contributed by atoms with van der Waals surface area (Å²) in [7, 11) is -3.48. The van der Waals surface area contributed by atoms with Gasteiger partial charge in [-0.15, -0.1) is 0 Å². The van der Waals surface area contributed by atoms with Crippen LogP contribution in [0.25, 0.3) is 0 Å². The Balaban J connectivity index is 2.16. The predicted octanol–water partition coefficient (Wildman–Crippen LogP) is 4.09. The maximum Gasteiger partial charge on any atom is 0.177 e. The predicted molar refractivity (Wildman–Crippen MR) is 98.1 cm³/mol. The average Bonchev–Trinajstić information content (AvgIpc) is 2.45. The van der Waals surface area contributed by atoms with Gasteiger partial charge in [0.25, 0.3) is 0 Å². The van der Waals surface area contributed by atoms with E-state index in [1.165, 1.54) is 0 Å². The maximum absolute atomic E-state index is 12.4. The van der Waals surface area contributed by atoms with Crippen molar-refractivity contribution in [2.45, 2.75) is 38.9 Å². The SMILES string of the molecule is Cc1cc(C(=O)CS(=O)(=O)Cc2ccccc2)ccc1C(C)(C)C. The smallest absolute Gasteiger partial charge is 0.177 e. The van der Waals surface area contributed by atoms with Crippen molar-refractivity contribution in [3.05, 3.63) is 70.8 Å². The number of carbonyl (C=O) groups excluding carboxylic acids is 1. The molecule has 0 aromatic heterocycles. The molecule has 128 valence electrons. The molecule has 4 heteroatoms. The second-order valence-electron chi connectivity index (χ2n) is 7.22. The van der Waals surface area contributed by atoms with Crippen LogP contribution in [0.4, 0.5) is 0 Å². The lowest BCUT2D eigenvalue weighted by Crippen LogP contribution is -2.19. The van der Waals surface area contributed by atoms with Crippen LogP contribution in [0.1, 0.15) is 47.8 Å². The van der Waals surface area contributed by atoms with Gasteiger partial charge in [-0.1, -0.05) is 63.2 Å². The van der Waals surface area contributed by atoms with Crippen molar-refractivity contribution < 1.29 is 13.2 Å². The lowest BCUT2D eigenvalue weighted by atomic mass is 9.83. The van der Waals surface area contributed by atoms with E-state index in [4.69, 9.17) is 0 Å². The van der Waals surface area contributed by atoms with E-state index in [0.717, 1.165) is 11.1 Å². The number of aryl methyl sites for hydroxylation is 1. The minimum absolute atomic E-state index is 0.00888. The Morgan fingerprint density at radius 1 is 1.00 bits per heavy atom. The van der Waals surface area contributed by atoms with E-state index < -0.39 is 15.6 Å². The van der Waals surface area contributed by atoms with Gasteiger partial charge in [-0.2, -0.15) is 0 Å². The van der Waals surface area contributed by atoms with E-state index in [1.807, 2.05) is 19.1 Å². The van der Waals surface area contributed by atoms with Crippen molar-refractivity contribution in [3.63, 3.8) is 0 Å². The number of benzene rings is 2. The van der Waals surface area contributed by atoms with Gasteiger partial charge in [0.2, 0.25) is 0 Å². The van der Waals surface area contributed by atoms with Gasteiger partial charge in [0.15, 0.2) is 15.6 Å². The van der Waals surface area contributed by atoms with Crippen LogP contribution in [0.5, 0.6) is 0 Å². The van der Waals surface area contributed by atoms with Crippen LogP contribution in [0.15, 0.2) is 48.5 Å². The Kier molecular flexibility index (Phi) is 5.29. The van der Waals surface area contributed by atoms with Crippen molar-refractivity contribution in [1.82, 2.24) is 0 Å². The molecular formula is C20H24O3S. The maximum atomic E-state index is 12.4. The van der Waals surface area contributed by atoms with Crippen molar-refractivity contribution in [2.75, 3.05) is 5.75 Å². The number of sulfone groups is 1. The lowest BCUT2D eigenvalue weighted by Gasteiger charge is -2.22. The van der Waals surface area contributed by atoms with Gasteiger partial charge in [0.1, 0.15) is 5.75 Å². The molecule has 0 unspecified atom stereocenters. The van der Waals surface area contributed by atoms with Gasteiger partial charge in [-0.3, -0.25) is 4.79 Å². The fourth-order valence-corrected chi connectivity index (χ4v) is 4.21. The standard InChI is InChI=1S/C20H24O3S/c1-15-12-17(10-11-18(15)20(2,3)4)19(21)14-24(22,23)13-16-8-6-5-7-9-16/h5-12H,13-14H2,1-4H3. The van der Waals surface area contributed by atoms with Crippen LogP contribution in [-0.2, 0) is 21.0 Å². The number of Topliss-reactive ketones (excluding diaryl/α,β-unsaturated/α-hetero) is 1. The highest BCUT2D eigenvalue weighted by atomic mass is 32.2. The molecule has 0 amide bonds. The summed E-state index contributed by atoms with van der Waals surface area (Å²) in [5.74, 6) is -0.927. The van der Waals surface area contributed by atoms with Gasteiger partial charge in [-0.25, -0.2) is 8.42 Å². The van der Waals surface area contributed by atoms with E-state index in [2.05, 4.69) is 20.8 Å². The van der Waals surface area contributed by atoms with Crippen LogP contribution < -0.4 is 0 Å². The number of ketones is 1. The first-order valence-electron chi connectivity index (χ1n) is 7.97. The highest BCUT2D eigenvalue weighted by Crippen LogP contribution is 2.26. The van der Waals surface area contributed by atoms with E-state index in [9.17, 15) is 13.2 Å². The minimum Gasteiger partial charge on any atom is -0.293 e. The fourth-order valence-electron chi connectivity index (χ4n) is 2.84. The summed E-state index contributed by atoms with van der Waals surface area (Å²) in [6.07, 6.45) is 0. The Morgan fingerprint density at radius 3 is 2.17 bits per heavy atom. The Hall–Kier alpha value is -1.94. The first kappa shape index (κ1) is 18.4. The summed E-state index contributed by atoms with van der Waals surface area (Å²) >= 11 is 0. The molecule has 0 aliphatic carbocycles. The first-order valence-corrected chi connectivity index (χ1v) is 9.79. The molecule has 0 bridgehead atoms. The van der Waals surface area contributed by atoms with Crippen LogP contribution in [0.2, 0.25) is 0 Å². The molecule has 2 rings (SSSR count). The van der Waals surface area contributed by atoms with Crippen LogP contribution >= 0.6 is 0 Å². The molecule has 0 atom stereocenters.